The molecule has 1 fully saturated rings. The number of aliphatic hydroxyl groups excluding tert-OH is 1. The number of pyridine rings is 1. The van der Waals surface area contributed by atoms with Crippen molar-refractivity contribution in [3.05, 3.63) is 95.8 Å². The second-order valence-corrected chi connectivity index (χ2v) is 14.9. The van der Waals surface area contributed by atoms with Gasteiger partial charge >= 0.3 is 6.03 Å². The standard InChI is InChI=1S/C36H48N6O6S/c1-5-27(4)34(42-20-19-40(36(42)45)24-30-15-17-37-18-16-30)35(44)39-32(21-28-9-7-6-8-10-28)33(43)25-41(23-26(2)3)49(47,48)31-13-11-29(12-14-31)22-38-46/h6-18,22,26-27,32-34,43,46H,5,19-21,23-25H2,1-4H3,(H,39,44)/t27-,32-,33+,34-/m0/s1. The Kier molecular flexibility index (Phi) is 13.3. The quantitative estimate of drug-likeness (QED) is 0.110. The first-order valence-corrected chi connectivity index (χ1v) is 18.1. The number of hydrogen-bond donors (Lipinski definition) is 3. The molecule has 3 amide bonds. The fourth-order valence-electron chi connectivity index (χ4n) is 6.02. The molecule has 2 aromatic carbocycles. The number of nitrogens with one attached hydrogen (secondary N) is 1. The molecule has 0 bridgehead atoms. The summed E-state index contributed by atoms with van der Waals surface area (Å²) in [7, 11) is -4.05. The van der Waals surface area contributed by atoms with Gasteiger partial charge in [0.1, 0.15) is 6.04 Å². The van der Waals surface area contributed by atoms with Crippen LogP contribution < -0.4 is 5.32 Å². The molecule has 0 saturated carbocycles. The van der Waals surface area contributed by atoms with Crippen LogP contribution in [0.4, 0.5) is 4.79 Å². The number of sulfonamides is 1. The average molecular weight is 693 g/mol. The van der Waals surface area contributed by atoms with Gasteiger partial charge in [-0.05, 0) is 59.2 Å². The molecule has 0 unspecified atom stereocenters. The Labute approximate surface area is 289 Å². The summed E-state index contributed by atoms with van der Waals surface area (Å²) in [5, 5.41) is 26.6. The molecule has 2 heterocycles. The minimum Gasteiger partial charge on any atom is -0.411 e. The summed E-state index contributed by atoms with van der Waals surface area (Å²) in [6.45, 7) is 8.79. The number of nitrogens with zero attached hydrogens (tertiary/aromatic N) is 5. The number of urea groups is 1. The normalized spacial score (nSPS) is 16.3. The van der Waals surface area contributed by atoms with Gasteiger partial charge in [0, 0.05) is 45.1 Å². The largest absolute Gasteiger partial charge is 0.411 e. The molecule has 12 nitrogen and oxygen atoms in total. The monoisotopic (exact) mass is 692 g/mol. The van der Waals surface area contributed by atoms with E-state index >= 15 is 0 Å². The van der Waals surface area contributed by atoms with Crippen LogP contribution in [-0.4, -0.2) is 100 Å². The molecular weight excluding hydrogens is 644 g/mol. The van der Waals surface area contributed by atoms with Gasteiger partial charge in [-0.2, -0.15) is 4.31 Å². The van der Waals surface area contributed by atoms with Crippen molar-refractivity contribution in [2.75, 3.05) is 26.2 Å². The van der Waals surface area contributed by atoms with Crippen molar-refractivity contribution in [1.29, 1.82) is 0 Å². The van der Waals surface area contributed by atoms with E-state index in [1.807, 2.05) is 70.2 Å². The Bertz CT molecular complexity index is 1640. The zero-order valence-corrected chi connectivity index (χ0v) is 29.4. The van der Waals surface area contributed by atoms with Crippen LogP contribution in [-0.2, 0) is 27.8 Å². The lowest BCUT2D eigenvalue weighted by Crippen LogP contribution is -2.57. The smallest absolute Gasteiger partial charge is 0.321 e. The molecule has 264 valence electrons. The highest BCUT2D eigenvalue weighted by Gasteiger charge is 2.41. The molecular formula is C36H48N6O6S. The third kappa shape index (κ3) is 9.87. The molecule has 1 aromatic heterocycles. The zero-order chi connectivity index (χ0) is 35.6. The summed E-state index contributed by atoms with van der Waals surface area (Å²) >= 11 is 0. The summed E-state index contributed by atoms with van der Waals surface area (Å²) < 4.78 is 29.0. The summed E-state index contributed by atoms with van der Waals surface area (Å²) in [5.74, 6) is -0.639. The third-order valence-corrected chi connectivity index (χ3v) is 10.7. The molecule has 13 heteroatoms. The third-order valence-electron chi connectivity index (χ3n) is 8.81. The van der Waals surface area contributed by atoms with Crippen LogP contribution in [0, 0.1) is 11.8 Å². The minimum atomic E-state index is -4.05. The van der Waals surface area contributed by atoms with Crippen molar-refractivity contribution in [3.63, 3.8) is 0 Å². The SMILES string of the molecule is CC[C@H](C)[C@@H](C(=O)N[C@@H](Cc1ccccc1)[C@H](O)CN(CC(C)C)S(=O)(=O)c1ccc(C=NO)cc1)N1CCN(Cc2ccncc2)C1=O. The number of rotatable bonds is 17. The number of oxime groups is 1. The first kappa shape index (κ1) is 37.5. The van der Waals surface area contributed by atoms with E-state index in [0.717, 1.165) is 11.1 Å². The highest BCUT2D eigenvalue weighted by Crippen LogP contribution is 2.24. The van der Waals surface area contributed by atoms with E-state index in [9.17, 15) is 23.1 Å². The number of amides is 3. The average Bonchev–Trinajstić information content (AvgIpc) is 3.43. The molecule has 1 aliphatic rings. The van der Waals surface area contributed by atoms with Gasteiger partial charge in [-0.15, -0.1) is 0 Å². The Morgan fingerprint density at radius 3 is 2.29 bits per heavy atom. The topological polar surface area (TPSA) is 156 Å². The first-order valence-electron chi connectivity index (χ1n) is 16.7. The maximum Gasteiger partial charge on any atom is 0.321 e. The Hall–Kier alpha value is -4.33. The summed E-state index contributed by atoms with van der Waals surface area (Å²) in [5.41, 5.74) is 2.32. The van der Waals surface area contributed by atoms with Gasteiger partial charge in [0.05, 0.1) is 23.3 Å². The van der Waals surface area contributed by atoms with Gasteiger partial charge in [0.2, 0.25) is 15.9 Å². The van der Waals surface area contributed by atoms with E-state index in [1.54, 1.807) is 22.2 Å². The van der Waals surface area contributed by atoms with Crippen molar-refractivity contribution in [2.45, 2.75) is 70.2 Å². The van der Waals surface area contributed by atoms with Crippen LogP contribution in [0.3, 0.4) is 0 Å². The van der Waals surface area contributed by atoms with E-state index in [1.165, 1.54) is 34.8 Å². The molecule has 1 saturated heterocycles. The second-order valence-electron chi connectivity index (χ2n) is 13.0. The van der Waals surface area contributed by atoms with Crippen LogP contribution >= 0.6 is 0 Å². The highest BCUT2D eigenvalue weighted by molar-refractivity contribution is 7.89. The zero-order valence-electron chi connectivity index (χ0n) is 28.6. The maximum atomic E-state index is 14.2. The van der Waals surface area contributed by atoms with Crippen LogP contribution in [0.1, 0.15) is 50.8 Å². The number of carbonyl (C=O) groups is 2. The van der Waals surface area contributed by atoms with Crippen molar-refractivity contribution in [1.82, 2.24) is 24.4 Å². The van der Waals surface area contributed by atoms with E-state index < -0.39 is 34.1 Å². The molecule has 3 aromatic rings. The van der Waals surface area contributed by atoms with Gasteiger partial charge in [0.15, 0.2) is 0 Å². The summed E-state index contributed by atoms with van der Waals surface area (Å²) in [6, 6.07) is 17.1. The van der Waals surface area contributed by atoms with E-state index in [0.29, 0.717) is 31.6 Å². The number of hydrogen-bond acceptors (Lipinski definition) is 8. The fourth-order valence-corrected chi connectivity index (χ4v) is 7.64. The molecule has 0 spiro atoms. The molecule has 4 atom stereocenters. The van der Waals surface area contributed by atoms with E-state index in [2.05, 4.69) is 15.5 Å². The Morgan fingerprint density at radius 1 is 1.00 bits per heavy atom. The van der Waals surface area contributed by atoms with Crippen molar-refractivity contribution < 1.29 is 28.3 Å². The van der Waals surface area contributed by atoms with Crippen LogP contribution in [0.15, 0.2) is 89.2 Å². The van der Waals surface area contributed by atoms with Crippen LogP contribution in [0.5, 0.6) is 0 Å². The Balaban J connectivity index is 1.59. The summed E-state index contributed by atoms with van der Waals surface area (Å²) in [6.07, 6.45) is 4.16. The second kappa shape index (κ2) is 17.4. The first-order chi connectivity index (χ1) is 23.4. The molecule has 3 N–H and O–H groups in total. The lowest BCUT2D eigenvalue weighted by molar-refractivity contribution is -0.128. The van der Waals surface area contributed by atoms with Gasteiger partial charge < -0.3 is 25.4 Å². The number of aromatic nitrogens is 1. The number of carbonyl (C=O) groups excluding carboxylic acids is 2. The fraction of sp³-hybridized carbons (Fsp3) is 0.444. The lowest BCUT2D eigenvalue weighted by atomic mass is 9.95. The van der Waals surface area contributed by atoms with Gasteiger partial charge in [-0.1, -0.05) is 81.7 Å². The molecule has 0 aliphatic carbocycles. The predicted octanol–water partition coefficient (Wildman–Crippen LogP) is 3.98. The molecule has 0 radical (unpaired) electrons. The summed E-state index contributed by atoms with van der Waals surface area (Å²) in [4.78, 5) is 35.3. The molecule has 49 heavy (non-hydrogen) atoms. The van der Waals surface area contributed by atoms with Crippen molar-refractivity contribution in [2.24, 2.45) is 17.0 Å². The minimum absolute atomic E-state index is 0.0276. The molecule has 4 rings (SSSR count). The van der Waals surface area contributed by atoms with Crippen molar-refractivity contribution >= 4 is 28.2 Å². The Morgan fingerprint density at radius 2 is 1.67 bits per heavy atom. The van der Waals surface area contributed by atoms with Gasteiger partial charge in [-0.3, -0.25) is 9.78 Å². The van der Waals surface area contributed by atoms with Gasteiger partial charge in [0.25, 0.3) is 0 Å². The molecule has 1 aliphatic heterocycles. The van der Waals surface area contributed by atoms with E-state index in [-0.39, 0.29) is 42.3 Å². The van der Waals surface area contributed by atoms with Crippen LogP contribution in [0.2, 0.25) is 0 Å². The van der Waals surface area contributed by atoms with E-state index in [4.69, 9.17) is 5.21 Å². The lowest BCUT2D eigenvalue weighted by Gasteiger charge is -2.35. The van der Waals surface area contributed by atoms with Gasteiger partial charge in [-0.25, -0.2) is 13.2 Å². The number of aliphatic hydroxyl groups is 1. The highest BCUT2D eigenvalue weighted by atomic mass is 32.2. The van der Waals surface area contributed by atoms with Crippen molar-refractivity contribution in [3.8, 4) is 0 Å². The predicted molar refractivity (Wildman–Crippen MR) is 187 cm³/mol. The number of benzene rings is 2. The van der Waals surface area contributed by atoms with Crippen LogP contribution in [0.25, 0.3) is 0 Å². The maximum absolute atomic E-state index is 14.2.